The van der Waals surface area contributed by atoms with Gasteiger partial charge >= 0.3 is 0 Å². The molecule has 2 aromatic carbocycles. The van der Waals surface area contributed by atoms with Gasteiger partial charge in [0, 0.05) is 17.1 Å². The molecule has 0 saturated heterocycles. The highest BCUT2D eigenvalue weighted by molar-refractivity contribution is 9.10. The summed E-state index contributed by atoms with van der Waals surface area (Å²) in [5.74, 6) is 0.756. The zero-order valence-electron chi connectivity index (χ0n) is 15.6. The van der Waals surface area contributed by atoms with Crippen LogP contribution in [-0.2, 0) is 11.2 Å². The predicted molar refractivity (Wildman–Crippen MR) is 111 cm³/mol. The number of amides is 1. The predicted octanol–water partition coefficient (Wildman–Crippen LogP) is 5.25. The van der Waals surface area contributed by atoms with Crippen LogP contribution < -0.4 is 10.1 Å². The Morgan fingerprint density at radius 2 is 1.77 bits per heavy atom. The number of halogens is 1. The minimum atomic E-state index is -0.0808. The maximum atomic E-state index is 12.1. The SMILES string of the molecule is CCOc1ccc(/C=C/C(=O)NCC(C)(C)Cc2ccc(Br)cc2)cc1. The third-order valence-corrected chi connectivity index (χ3v) is 4.48. The highest BCUT2D eigenvalue weighted by Gasteiger charge is 2.19. The molecular weight excluding hydrogens is 390 g/mol. The third-order valence-electron chi connectivity index (χ3n) is 3.96. The molecule has 0 saturated carbocycles. The van der Waals surface area contributed by atoms with Crippen molar-refractivity contribution in [3.05, 3.63) is 70.2 Å². The van der Waals surface area contributed by atoms with E-state index in [2.05, 4.69) is 47.2 Å². The van der Waals surface area contributed by atoms with Crippen molar-refractivity contribution in [3.8, 4) is 5.75 Å². The fourth-order valence-corrected chi connectivity index (χ4v) is 2.88. The summed E-state index contributed by atoms with van der Waals surface area (Å²) in [4.78, 5) is 12.1. The smallest absolute Gasteiger partial charge is 0.244 e. The van der Waals surface area contributed by atoms with Crippen LogP contribution >= 0.6 is 15.9 Å². The van der Waals surface area contributed by atoms with Crippen molar-refractivity contribution in [3.63, 3.8) is 0 Å². The van der Waals surface area contributed by atoms with Gasteiger partial charge in [-0.25, -0.2) is 0 Å². The standard InChI is InChI=1S/C22H26BrNO2/c1-4-26-20-12-7-17(8-13-20)9-14-21(25)24-16-22(2,3)15-18-5-10-19(23)11-6-18/h5-14H,4,15-16H2,1-3H3,(H,24,25)/b14-9+. The second-order valence-corrected chi connectivity index (χ2v) is 7.94. The van der Waals surface area contributed by atoms with E-state index in [1.165, 1.54) is 5.56 Å². The number of nitrogens with one attached hydrogen (secondary N) is 1. The molecule has 0 heterocycles. The lowest BCUT2D eigenvalue weighted by molar-refractivity contribution is -0.116. The third kappa shape index (κ3) is 7.04. The maximum absolute atomic E-state index is 12.1. The van der Waals surface area contributed by atoms with Crippen LogP contribution in [0.25, 0.3) is 6.08 Å². The molecule has 0 unspecified atom stereocenters. The van der Waals surface area contributed by atoms with Gasteiger partial charge < -0.3 is 10.1 Å². The van der Waals surface area contributed by atoms with Crippen molar-refractivity contribution in [2.45, 2.75) is 27.2 Å². The van der Waals surface area contributed by atoms with Gasteiger partial charge in [0.2, 0.25) is 5.91 Å². The van der Waals surface area contributed by atoms with E-state index in [1.807, 2.05) is 49.4 Å². The minimum absolute atomic E-state index is 0.0174. The second-order valence-electron chi connectivity index (χ2n) is 7.02. The minimum Gasteiger partial charge on any atom is -0.494 e. The Labute approximate surface area is 164 Å². The maximum Gasteiger partial charge on any atom is 0.244 e. The van der Waals surface area contributed by atoms with Crippen molar-refractivity contribution in [2.24, 2.45) is 5.41 Å². The van der Waals surface area contributed by atoms with Gasteiger partial charge in [0.05, 0.1) is 6.61 Å². The number of hydrogen-bond donors (Lipinski definition) is 1. The Morgan fingerprint density at radius 3 is 2.38 bits per heavy atom. The molecule has 0 spiro atoms. The normalized spacial score (nSPS) is 11.5. The lowest BCUT2D eigenvalue weighted by Crippen LogP contribution is -2.34. The van der Waals surface area contributed by atoms with Gasteiger partial charge in [-0.1, -0.05) is 54.0 Å². The summed E-state index contributed by atoms with van der Waals surface area (Å²) in [6.07, 6.45) is 4.29. The van der Waals surface area contributed by atoms with Crippen molar-refractivity contribution in [1.82, 2.24) is 5.32 Å². The quantitative estimate of drug-likeness (QED) is 0.598. The first kappa shape index (κ1) is 20.2. The molecule has 4 heteroatoms. The van der Waals surface area contributed by atoms with Crippen LogP contribution in [0.3, 0.4) is 0 Å². The molecule has 1 amide bonds. The molecule has 2 rings (SSSR count). The van der Waals surface area contributed by atoms with E-state index in [4.69, 9.17) is 4.74 Å². The highest BCUT2D eigenvalue weighted by atomic mass is 79.9. The molecule has 3 nitrogen and oxygen atoms in total. The van der Waals surface area contributed by atoms with E-state index < -0.39 is 0 Å². The summed E-state index contributed by atoms with van der Waals surface area (Å²) < 4.78 is 6.49. The molecule has 0 aliphatic heterocycles. The molecular formula is C22H26BrNO2. The number of benzene rings is 2. The van der Waals surface area contributed by atoms with Gasteiger partial charge in [0.1, 0.15) is 5.75 Å². The summed E-state index contributed by atoms with van der Waals surface area (Å²) in [5, 5.41) is 3.00. The van der Waals surface area contributed by atoms with E-state index in [0.29, 0.717) is 13.2 Å². The van der Waals surface area contributed by atoms with Crippen molar-refractivity contribution < 1.29 is 9.53 Å². The van der Waals surface area contributed by atoms with Crippen LogP contribution in [-0.4, -0.2) is 19.1 Å². The van der Waals surface area contributed by atoms with Gasteiger partial charge in [-0.3, -0.25) is 4.79 Å². The number of rotatable bonds is 8. The molecule has 0 radical (unpaired) electrons. The fraction of sp³-hybridized carbons (Fsp3) is 0.318. The molecule has 1 N–H and O–H groups in total. The van der Waals surface area contributed by atoms with Crippen LogP contribution in [0.4, 0.5) is 0 Å². The van der Waals surface area contributed by atoms with Crippen LogP contribution in [0.1, 0.15) is 31.9 Å². The number of carbonyl (C=O) groups excluding carboxylic acids is 1. The zero-order valence-corrected chi connectivity index (χ0v) is 17.2. The first-order chi connectivity index (χ1) is 12.4. The largest absolute Gasteiger partial charge is 0.494 e. The lowest BCUT2D eigenvalue weighted by atomic mass is 9.85. The van der Waals surface area contributed by atoms with Gasteiger partial charge in [0.25, 0.3) is 0 Å². The molecule has 0 aliphatic carbocycles. The van der Waals surface area contributed by atoms with E-state index in [9.17, 15) is 4.79 Å². The Morgan fingerprint density at radius 1 is 1.12 bits per heavy atom. The molecule has 0 aliphatic rings. The van der Waals surface area contributed by atoms with E-state index in [0.717, 1.165) is 22.2 Å². The summed E-state index contributed by atoms with van der Waals surface area (Å²) in [7, 11) is 0. The van der Waals surface area contributed by atoms with Gasteiger partial charge in [0.15, 0.2) is 0 Å². The van der Waals surface area contributed by atoms with Crippen LogP contribution in [0.2, 0.25) is 0 Å². The molecule has 0 fully saturated rings. The molecule has 0 aromatic heterocycles. The lowest BCUT2D eigenvalue weighted by Gasteiger charge is -2.25. The molecule has 0 bridgehead atoms. The van der Waals surface area contributed by atoms with Gasteiger partial charge in [-0.05, 0) is 60.2 Å². The Hall–Kier alpha value is -2.07. The fourth-order valence-electron chi connectivity index (χ4n) is 2.62. The van der Waals surface area contributed by atoms with Crippen LogP contribution in [0.5, 0.6) is 5.75 Å². The Bertz CT molecular complexity index is 734. The molecule has 26 heavy (non-hydrogen) atoms. The monoisotopic (exact) mass is 415 g/mol. The van der Waals surface area contributed by atoms with Gasteiger partial charge in [-0.15, -0.1) is 0 Å². The van der Waals surface area contributed by atoms with Crippen LogP contribution in [0, 0.1) is 5.41 Å². The van der Waals surface area contributed by atoms with Gasteiger partial charge in [-0.2, -0.15) is 0 Å². The Kier molecular flexibility index (Phi) is 7.46. The Balaban J connectivity index is 1.83. The average Bonchev–Trinajstić information content (AvgIpc) is 2.61. The topological polar surface area (TPSA) is 38.3 Å². The summed E-state index contributed by atoms with van der Waals surface area (Å²) in [5.41, 5.74) is 2.21. The number of ether oxygens (including phenoxy) is 1. The van der Waals surface area contributed by atoms with Crippen molar-refractivity contribution >= 4 is 27.9 Å². The van der Waals surface area contributed by atoms with Crippen LogP contribution in [0.15, 0.2) is 59.1 Å². The van der Waals surface area contributed by atoms with Crippen molar-refractivity contribution in [2.75, 3.05) is 13.2 Å². The summed E-state index contributed by atoms with van der Waals surface area (Å²) >= 11 is 3.45. The van der Waals surface area contributed by atoms with E-state index in [-0.39, 0.29) is 11.3 Å². The summed E-state index contributed by atoms with van der Waals surface area (Å²) in [6.45, 7) is 7.54. The van der Waals surface area contributed by atoms with E-state index in [1.54, 1.807) is 6.08 Å². The highest BCUT2D eigenvalue weighted by Crippen LogP contribution is 2.22. The number of hydrogen-bond acceptors (Lipinski definition) is 2. The second kappa shape index (κ2) is 9.58. The number of carbonyl (C=O) groups is 1. The average molecular weight is 416 g/mol. The molecule has 138 valence electrons. The van der Waals surface area contributed by atoms with Crippen molar-refractivity contribution in [1.29, 1.82) is 0 Å². The molecule has 0 atom stereocenters. The van der Waals surface area contributed by atoms with E-state index >= 15 is 0 Å². The first-order valence-corrected chi connectivity index (χ1v) is 9.60. The first-order valence-electron chi connectivity index (χ1n) is 8.81. The zero-order chi connectivity index (χ0) is 19.0. The summed E-state index contributed by atoms with van der Waals surface area (Å²) in [6, 6.07) is 16.0. The molecule has 2 aromatic rings.